The van der Waals surface area contributed by atoms with E-state index in [0.29, 0.717) is 28.7 Å². The highest BCUT2D eigenvalue weighted by molar-refractivity contribution is 7.89. The van der Waals surface area contributed by atoms with Gasteiger partial charge < -0.3 is 10.4 Å². The maximum absolute atomic E-state index is 12.4. The Balaban J connectivity index is 1.79. The molecule has 0 radical (unpaired) electrons. The molecular weight excluding hydrogens is 406 g/mol. The third kappa shape index (κ3) is 4.03. The number of aryl methyl sites for hydroxylation is 2. The third-order valence-electron chi connectivity index (χ3n) is 4.36. The molecular formula is C19H21N7O3S. The number of aliphatic hydroxyl groups is 1. The van der Waals surface area contributed by atoms with E-state index in [1.807, 2.05) is 30.5 Å². The highest BCUT2D eigenvalue weighted by Crippen LogP contribution is 2.25. The van der Waals surface area contributed by atoms with Gasteiger partial charge in [0.15, 0.2) is 5.82 Å². The minimum absolute atomic E-state index is 0.0543. The van der Waals surface area contributed by atoms with Crippen LogP contribution in [0.4, 0.5) is 11.8 Å². The van der Waals surface area contributed by atoms with Gasteiger partial charge in [-0.05, 0) is 26.0 Å². The summed E-state index contributed by atoms with van der Waals surface area (Å²) in [6.45, 7) is 3.45. The van der Waals surface area contributed by atoms with Crippen molar-refractivity contribution in [3.63, 3.8) is 0 Å². The van der Waals surface area contributed by atoms with Crippen molar-refractivity contribution in [2.45, 2.75) is 18.7 Å². The molecule has 0 spiro atoms. The number of nitrogens with one attached hydrogen (secondary N) is 3. The van der Waals surface area contributed by atoms with Crippen LogP contribution in [0.2, 0.25) is 0 Å². The topological polar surface area (TPSA) is 137 Å². The molecule has 4 aromatic rings. The molecule has 0 aliphatic rings. The van der Waals surface area contributed by atoms with Gasteiger partial charge in [-0.25, -0.2) is 23.1 Å². The standard InChI is InChI=1S/C19H21N7O3S/c1-12-8-17(25-24-12)23-19-22-16(10-18-21-13(2)11-26(18)19)14-4-3-5-15(9-14)30(28,29)20-6-7-27/h3-5,8-11,20,27H,6-7H2,1-2H3,(H2,22,23,24,25). The van der Waals surface area contributed by atoms with Crippen molar-refractivity contribution in [3.8, 4) is 11.3 Å². The lowest BCUT2D eigenvalue weighted by atomic mass is 10.1. The van der Waals surface area contributed by atoms with Crippen LogP contribution in [-0.4, -0.2) is 51.2 Å². The summed E-state index contributed by atoms with van der Waals surface area (Å²) in [6.07, 6.45) is 1.85. The van der Waals surface area contributed by atoms with E-state index in [1.54, 1.807) is 18.2 Å². The molecule has 0 saturated heterocycles. The van der Waals surface area contributed by atoms with E-state index in [9.17, 15) is 8.42 Å². The third-order valence-corrected chi connectivity index (χ3v) is 5.82. The number of anilines is 2. The Labute approximate surface area is 173 Å². The molecule has 30 heavy (non-hydrogen) atoms. The van der Waals surface area contributed by atoms with Crippen molar-refractivity contribution in [2.24, 2.45) is 0 Å². The molecule has 3 aromatic heterocycles. The second-order valence-corrected chi connectivity index (χ2v) is 8.55. The highest BCUT2D eigenvalue weighted by atomic mass is 32.2. The number of hydrogen-bond donors (Lipinski definition) is 4. The van der Waals surface area contributed by atoms with Crippen LogP contribution >= 0.6 is 0 Å². The summed E-state index contributed by atoms with van der Waals surface area (Å²) >= 11 is 0. The Kier molecular flexibility index (Phi) is 5.24. The van der Waals surface area contributed by atoms with E-state index >= 15 is 0 Å². The van der Waals surface area contributed by atoms with E-state index in [4.69, 9.17) is 5.11 Å². The van der Waals surface area contributed by atoms with Gasteiger partial charge in [-0.15, -0.1) is 0 Å². The summed E-state index contributed by atoms with van der Waals surface area (Å²) in [5, 5.41) is 19.1. The van der Waals surface area contributed by atoms with Gasteiger partial charge in [0.05, 0.1) is 22.9 Å². The molecule has 10 nitrogen and oxygen atoms in total. The fourth-order valence-electron chi connectivity index (χ4n) is 3.03. The number of H-pyrrole nitrogens is 1. The number of imidazole rings is 1. The largest absolute Gasteiger partial charge is 0.395 e. The number of nitrogens with zero attached hydrogens (tertiary/aromatic N) is 4. The summed E-state index contributed by atoms with van der Waals surface area (Å²) in [5.74, 6) is 1.11. The average molecular weight is 427 g/mol. The zero-order valence-corrected chi connectivity index (χ0v) is 17.2. The van der Waals surface area contributed by atoms with Gasteiger partial charge in [0.25, 0.3) is 0 Å². The molecule has 0 unspecified atom stereocenters. The predicted octanol–water partition coefficient (Wildman–Crippen LogP) is 1.75. The molecule has 4 rings (SSSR count). The summed E-state index contributed by atoms with van der Waals surface area (Å²) < 4.78 is 29.0. The molecule has 0 fully saturated rings. The van der Waals surface area contributed by atoms with Crippen LogP contribution in [0.15, 0.2) is 47.5 Å². The number of rotatable bonds is 7. The molecule has 0 bridgehead atoms. The lowest BCUT2D eigenvalue weighted by Gasteiger charge is -2.10. The van der Waals surface area contributed by atoms with Crippen molar-refractivity contribution >= 4 is 27.4 Å². The molecule has 11 heteroatoms. The number of aromatic amines is 1. The molecule has 0 atom stereocenters. The van der Waals surface area contributed by atoms with E-state index in [1.165, 1.54) is 12.1 Å². The number of benzene rings is 1. The first-order valence-electron chi connectivity index (χ1n) is 9.22. The van der Waals surface area contributed by atoms with Crippen molar-refractivity contribution in [3.05, 3.63) is 54.0 Å². The Hall–Kier alpha value is -3.28. The van der Waals surface area contributed by atoms with Crippen LogP contribution in [-0.2, 0) is 10.0 Å². The van der Waals surface area contributed by atoms with E-state index < -0.39 is 10.0 Å². The normalized spacial score (nSPS) is 11.8. The maximum atomic E-state index is 12.4. The van der Waals surface area contributed by atoms with Gasteiger partial charge in [0.1, 0.15) is 5.65 Å². The quantitative estimate of drug-likeness (QED) is 0.353. The lowest BCUT2D eigenvalue weighted by Crippen LogP contribution is -2.26. The smallest absolute Gasteiger partial charge is 0.240 e. The number of sulfonamides is 1. The molecule has 0 aliphatic heterocycles. The summed E-state index contributed by atoms with van der Waals surface area (Å²) in [7, 11) is -3.74. The molecule has 1 aromatic carbocycles. The number of aromatic nitrogens is 5. The maximum Gasteiger partial charge on any atom is 0.240 e. The van der Waals surface area contributed by atoms with Crippen LogP contribution in [0.5, 0.6) is 0 Å². The molecule has 0 amide bonds. The molecule has 3 heterocycles. The van der Waals surface area contributed by atoms with E-state index in [0.717, 1.165) is 11.4 Å². The zero-order chi connectivity index (χ0) is 21.3. The van der Waals surface area contributed by atoms with Crippen LogP contribution in [0, 0.1) is 13.8 Å². The van der Waals surface area contributed by atoms with E-state index in [2.05, 4.69) is 30.2 Å². The van der Waals surface area contributed by atoms with Gasteiger partial charge >= 0.3 is 0 Å². The van der Waals surface area contributed by atoms with Crippen LogP contribution in [0.25, 0.3) is 16.9 Å². The fourth-order valence-corrected chi connectivity index (χ4v) is 4.10. The second kappa shape index (κ2) is 7.86. The van der Waals surface area contributed by atoms with Crippen molar-refractivity contribution in [1.82, 2.24) is 29.3 Å². The summed E-state index contributed by atoms with van der Waals surface area (Å²) in [4.78, 5) is 9.28. The first-order valence-corrected chi connectivity index (χ1v) is 10.7. The molecule has 0 saturated carbocycles. The highest BCUT2D eigenvalue weighted by Gasteiger charge is 2.16. The minimum Gasteiger partial charge on any atom is -0.395 e. The predicted molar refractivity (Wildman–Crippen MR) is 112 cm³/mol. The SMILES string of the molecule is Cc1cn2c(Nc3cc(C)[nH]n3)nc(-c3cccc(S(=O)(=O)NCCO)c3)cc2n1. The number of fused-ring (bicyclic) bond motifs is 1. The van der Waals surface area contributed by atoms with Gasteiger partial charge in [-0.1, -0.05) is 12.1 Å². The first-order chi connectivity index (χ1) is 14.4. The molecule has 4 N–H and O–H groups in total. The Morgan fingerprint density at radius 3 is 2.73 bits per heavy atom. The van der Waals surface area contributed by atoms with Crippen LogP contribution in [0.1, 0.15) is 11.4 Å². The molecule has 0 aliphatic carbocycles. The van der Waals surface area contributed by atoms with Gasteiger partial charge in [0.2, 0.25) is 16.0 Å². The zero-order valence-electron chi connectivity index (χ0n) is 16.4. The second-order valence-electron chi connectivity index (χ2n) is 6.79. The van der Waals surface area contributed by atoms with E-state index in [-0.39, 0.29) is 18.0 Å². The number of hydrogen-bond acceptors (Lipinski definition) is 7. The van der Waals surface area contributed by atoms with Gasteiger partial charge in [-0.3, -0.25) is 9.50 Å². The van der Waals surface area contributed by atoms with Crippen molar-refractivity contribution in [1.29, 1.82) is 0 Å². The number of aliphatic hydroxyl groups excluding tert-OH is 1. The summed E-state index contributed by atoms with van der Waals surface area (Å²) in [6, 6.07) is 10.1. The monoisotopic (exact) mass is 427 g/mol. The molecule has 156 valence electrons. The van der Waals surface area contributed by atoms with Gasteiger partial charge in [-0.2, -0.15) is 5.10 Å². The Morgan fingerprint density at radius 1 is 1.17 bits per heavy atom. The minimum atomic E-state index is -3.74. The average Bonchev–Trinajstić information content (AvgIpc) is 3.31. The lowest BCUT2D eigenvalue weighted by molar-refractivity contribution is 0.301. The fraction of sp³-hybridized carbons (Fsp3) is 0.211. The first kappa shape index (κ1) is 20.0. The Bertz CT molecular complexity index is 1310. The van der Waals surface area contributed by atoms with Crippen LogP contribution in [0.3, 0.4) is 0 Å². The Morgan fingerprint density at radius 2 is 2.00 bits per heavy atom. The van der Waals surface area contributed by atoms with Crippen LogP contribution < -0.4 is 10.0 Å². The summed E-state index contributed by atoms with van der Waals surface area (Å²) in [5.41, 5.74) is 3.56. The van der Waals surface area contributed by atoms with Crippen molar-refractivity contribution < 1.29 is 13.5 Å². The van der Waals surface area contributed by atoms with Gasteiger partial charge in [0, 0.05) is 36.1 Å². The van der Waals surface area contributed by atoms with Crippen molar-refractivity contribution in [2.75, 3.05) is 18.5 Å².